The van der Waals surface area contributed by atoms with E-state index in [1.807, 2.05) is 0 Å². The van der Waals surface area contributed by atoms with Crippen molar-refractivity contribution in [3.8, 4) is 22.3 Å². The molecule has 1 fully saturated rings. The van der Waals surface area contributed by atoms with E-state index >= 15 is 17.6 Å². The number of unbranched alkanes of at least 4 members (excludes halogenated alkanes) is 2. The fraction of sp³-hybridized carbons (Fsp3) is 0.419. The monoisotopic (exact) mass is 624 g/mol. The zero-order chi connectivity index (χ0) is 31.7. The van der Waals surface area contributed by atoms with E-state index < -0.39 is 75.2 Å². The smallest absolute Gasteiger partial charge is 0.222 e. The second-order valence-electron chi connectivity index (χ2n) is 10.8. The topological polar surface area (TPSA) is 9.23 Å². The molecule has 1 aliphatic carbocycles. The molecule has 3 aromatic carbocycles. The molecule has 0 bridgehead atoms. The zero-order valence-corrected chi connectivity index (χ0v) is 22.8. The van der Waals surface area contributed by atoms with Gasteiger partial charge in [-0.1, -0.05) is 32.6 Å². The Hall–Kier alpha value is -3.15. The Morgan fingerprint density at radius 3 is 1.51 bits per heavy atom. The summed E-state index contributed by atoms with van der Waals surface area (Å²) in [4.78, 5) is 0. The molecule has 1 nitrogen and oxygen atoms in total. The van der Waals surface area contributed by atoms with Gasteiger partial charge in [-0.2, -0.15) is 8.78 Å². The third kappa shape index (κ3) is 7.50. The number of ether oxygens (including phenoxy) is 1. The van der Waals surface area contributed by atoms with Crippen LogP contribution in [0.15, 0.2) is 36.4 Å². The van der Waals surface area contributed by atoms with Crippen molar-refractivity contribution in [1.82, 2.24) is 0 Å². The molecule has 234 valence electrons. The van der Waals surface area contributed by atoms with Crippen molar-refractivity contribution in [2.75, 3.05) is 0 Å². The molecule has 0 spiro atoms. The highest BCUT2D eigenvalue weighted by Crippen LogP contribution is 2.43. The van der Waals surface area contributed by atoms with Crippen LogP contribution in [0.3, 0.4) is 0 Å². The van der Waals surface area contributed by atoms with E-state index in [1.54, 1.807) is 0 Å². The summed E-state index contributed by atoms with van der Waals surface area (Å²) in [5.74, 6) is -9.39. The van der Waals surface area contributed by atoms with Crippen LogP contribution < -0.4 is 0 Å². The van der Waals surface area contributed by atoms with Crippen LogP contribution >= 0.6 is 0 Å². The van der Waals surface area contributed by atoms with Crippen LogP contribution in [0.25, 0.3) is 22.3 Å². The van der Waals surface area contributed by atoms with Gasteiger partial charge in [-0.25, -0.2) is 31.1 Å². The third-order valence-electron chi connectivity index (χ3n) is 7.80. The first-order chi connectivity index (χ1) is 20.1. The third-order valence-corrected chi connectivity index (χ3v) is 7.80. The number of benzene rings is 3. The Bertz CT molecular complexity index is 1390. The molecule has 0 aliphatic heterocycles. The zero-order valence-electron chi connectivity index (χ0n) is 22.8. The molecule has 1 saturated carbocycles. The van der Waals surface area contributed by atoms with Gasteiger partial charge < -0.3 is 0 Å². The second-order valence-corrected chi connectivity index (χ2v) is 10.8. The highest BCUT2D eigenvalue weighted by atomic mass is 19.4. The summed E-state index contributed by atoms with van der Waals surface area (Å²) in [5.41, 5.74) is -5.51. The van der Waals surface area contributed by atoms with Crippen molar-refractivity contribution in [1.29, 1.82) is 0 Å². The predicted octanol–water partition coefficient (Wildman–Crippen LogP) is 11.3. The molecule has 0 radical (unpaired) electrons. The van der Waals surface area contributed by atoms with Crippen molar-refractivity contribution in [3.63, 3.8) is 0 Å². The van der Waals surface area contributed by atoms with Crippen molar-refractivity contribution in [2.24, 2.45) is 5.92 Å². The maximum Gasteiger partial charge on any atom is 0.527 e. The van der Waals surface area contributed by atoms with E-state index in [0.717, 1.165) is 63.5 Å². The lowest BCUT2D eigenvalue weighted by atomic mass is 9.76. The van der Waals surface area contributed by atoms with Crippen LogP contribution in [0.4, 0.5) is 48.3 Å². The van der Waals surface area contributed by atoms with Crippen LogP contribution in [0.1, 0.15) is 75.3 Å². The molecule has 0 saturated heterocycles. The van der Waals surface area contributed by atoms with Gasteiger partial charge in [0.2, 0.25) is 0 Å². The lowest BCUT2D eigenvalue weighted by Gasteiger charge is -2.29. The summed E-state index contributed by atoms with van der Waals surface area (Å²) in [5, 5.41) is 0. The van der Waals surface area contributed by atoms with E-state index in [0.29, 0.717) is 23.6 Å². The molecule has 0 aromatic heterocycles. The Kier molecular flexibility index (Phi) is 9.78. The predicted molar refractivity (Wildman–Crippen MR) is 137 cm³/mol. The van der Waals surface area contributed by atoms with E-state index in [-0.39, 0.29) is 18.1 Å². The van der Waals surface area contributed by atoms with Gasteiger partial charge in [-0.15, -0.1) is 13.2 Å². The number of halogens is 11. The van der Waals surface area contributed by atoms with Gasteiger partial charge in [-0.05, 0) is 90.6 Å². The minimum Gasteiger partial charge on any atom is -0.222 e. The Labute approximate surface area is 240 Å². The van der Waals surface area contributed by atoms with Crippen LogP contribution in [0, 0.1) is 40.8 Å². The first-order valence-electron chi connectivity index (χ1n) is 13.7. The molecule has 0 N–H and O–H groups in total. The number of alkyl halides is 5. The molecule has 4 rings (SSSR count). The van der Waals surface area contributed by atoms with Gasteiger partial charge >= 0.3 is 12.5 Å². The standard InChI is InChI=1S/C31H27F11O/c1-2-3-4-5-16-6-8-17(9-7-16)18-10-21(32)27(22(33)11-18)19-12-23(34)28(24(35)13-19)20-14-25(36)29(26(37)15-20)30(38,39)43-31(40,41)42/h10-17H,2-9H2,1H3. The van der Waals surface area contributed by atoms with Crippen molar-refractivity contribution >= 4 is 0 Å². The van der Waals surface area contributed by atoms with Crippen LogP contribution in [0.2, 0.25) is 0 Å². The van der Waals surface area contributed by atoms with Gasteiger partial charge in [0.1, 0.15) is 40.5 Å². The Balaban J connectivity index is 1.60. The normalized spacial score (nSPS) is 17.9. The van der Waals surface area contributed by atoms with Crippen molar-refractivity contribution in [3.05, 3.63) is 82.4 Å². The first kappa shape index (κ1) is 32.8. The lowest BCUT2D eigenvalue weighted by Crippen LogP contribution is -2.29. The summed E-state index contributed by atoms with van der Waals surface area (Å²) >= 11 is 0. The van der Waals surface area contributed by atoms with Crippen LogP contribution in [-0.4, -0.2) is 6.36 Å². The largest absolute Gasteiger partial charge is 0.527 e. The Morgan fingerprint density at radius 1 is 0.628 bits per heavy atom. The maximum absolute atomic E-state index is 15.2. The molecule has 0 unspecified atom stereocenters. The number of rotatable bonds is 9. The van der Waals surface area contributed by atoms with Gasteiger partial charge in [0, 0.05) is 0 Å². The molecular formula is C31H27F11O. The van der Waals surface area contributed by atoms with Gasteiger partial charge in [0.15, 0.2) is 0 Å². The molecular weight excluding hydrogens is 597 g/mol. The summed E-state index contributed by atoms with van der Waals surface area (Å²) in [6.45, 7) is 2.12. The van der Waals surface area contributed by atoms with Gasteiger partial charge in [0.25, 0.3) is 0 Å². The average molecular weight is 625 g/mol. The molecule has 12 heteroatoms. The van der Waals surface area contributed by atoms with Crippen LogP contribution in [-0.2, 0) is 10.8 Å². The van der Waals surface area contributed by atoms with E-state index in [4.69, 9.17) is 0 Å². The average Bonchev–Trinajstić information content (AvgIpc) is 2.86. The SMILES string of the molecule is CCCCCC1CCC(c2cc(F)c(-c3cc(F)c(-c4cc(F)c(C(F)(F)OC(F)(F)F)c(F)c4)c(F)c3)c(F)c2)CC1. The maximum atomic E-state index is 15.2. The minimum atomic E-state index is -5.97. The second kappa shape index (κ2) is 12.8. The van der Waals surface area contributed by atoms with E-state index in [9.17, 15) is 30.7 Å². The van der Waals surface area contributed by atoms with Crippen LogP contribution in [0.5, 0.6) is 0 Å². The number of hydrogen-bond acceptors (Lipinski definition) is 1. The quantitative estimate of drug-likeness (QED) is 0.170. The van der Waals surface area contributed by atoms with E-state index in [2.05, 4.69) is 11.7 Å². The van der Waals surface area contributed by atoms with Crippen molar-refractivity contribution < 1.29 is 53.0 Å². The fourth-order valence-electron chi connectivity index (χ4n) is 5.76. The van der Waals surface area contributed by atoms with E-state index in [1.165, 1.54) is 0 Å². The highest BCUT2D eigenvalue weighted by Gasteiger charge is 2.49. The first-order valence-corrected chi connectivity index (χ1v) is 13.7. The minimum absolute atomic E-state index is 0.0122. The molecule has 3 aromatic rings. The van der Waals surface area contributed by atoms with Gasteiger partial charge in [-0.3, -0.25) is 0 Å². The number of hydrogen-bond donors (Lipinski definition) is 0. The van der Waals surface area contributed by atoms with Crippen molar-refractivity contribution in [2.45, 2.75) is 76.7 Å². The summed E-state index contributed by atoms with van der Waals surface area (Å²) < 4.78 is 156. The Morgan fingerprint density at radius 2 is 1.07 bits per heavy atom. The van der Waals surface area contributed by atoms with Gasteiger partial charge in [0.05, 0.1) is 11.1 Å². The summed E-state index contributed by atoms with van der Waals surface area (Å²) in [6, 6.07) is 3.18. The summed E-state index contributed by atoms with van der Waals surface area (Å²) in [6.07, 6.45) is -3.62. The molecule has 43 heavy (non-hydrogen) atoms. The molecule has 0 atom stereocenters. The lowest BCUT2D eigenvalue weighted by molar-refractivity contribution is -0.432. The molecule has 0 heterocycles. The fourth-order valence-corrected chi connectivity index (χ4v) is 5.76. The summed E-state index contributed by atoms with van der Waals surface area (Å²) in [7, 11) is 0. The highest BCUT2D eigenvalue weighted by molar-refractivity contribution is 5.73. The molecule has 1 aliphatic rings. The molecule has 0 amide bonds.